The second-order valence-electron chi connectivity index (χ2n) is 15.0. The highest BCUT2D eigenvalue weighted by atomic mass is 16.7. The van der Waals surface area contributed by atoms with Gasteiger partial charge in [-0.1, -0.05) is 45.9 Å². The minimum Gasteiger partial charge on any atom is -0.507 e. The van der Waals surface area contributed by atoms with E-state index in [0.717, 1.165) is 5.56 Å². The molecule has 4 aromatic rings. The van der Waals surface area contributed by atoms with E-state index in [4.69, 9.17) is 19.2 Å². The zero-order chi connectivity index (χ0) is 39.5. The number of aromatic hydroxyl groups is 2. The molecular weight excluding hydrogens is 694 g/mol. The third-order valence-electron chi connectivity index (χ3n) is 11.3. The summed E-state index contributed by atoms with van der Waals surface area (Å²) in [7, 11) is 1.46. The minimum atomic E-state index is -1.93. The number of allylic oxidation sites excluding steroid dienone is 2. The molecule has 288 valence electrons. The first-order valence-corrected chi connectivity index (χ1v) is 18.1. The summed E-state index contributed by atoms with van der Waals surface area (Å²) in [6.45, 7) is 13.4. The van der Waals surface area contributed by atoms with E-state index in [1.165, 1.54) is 26.4 Å². The van der Waals surface area contributed by atoms with E-state index in [2.05, 4.69) is 5.32 Å². The van der Waals surface area contributed by atoms with Crippen LogP contribution in [0.2, 0.25) is 0 Å². The van der Waals surface area contributed by atoms with Gasteiger partial charge in [0.1, 0.15) is 33.9 Å². The molecule has 13 nitrogen and oxygen atoms in total. The molecule has 0 radical (unpaired) electrons. The van der Waals surface area contributed by atoms with Crippen molar-refractivity contribution in [2.45, 2.75) is 85.6 Å². The number of anilines is 1. The third-order valence-corrected chi connectivity index (χ3v) is 11.3. The molecule has 8 unspecified atom stereocenters. The quantitative estimate of drug-likeness (QED) is 0.133. The van der Waals surface area contributed by atoms with Crippen LogP contribution in [0.1, 0.15) is 63.0 Å². The van der Waals surface area contributed by atoms with Crippen LogP contribution in [-0.4, -0.2) is 83.9 Å². The molecular formula is C41H49N3O10. The van der Waals surface area contributed by atoms with Crippen LogP contribution >= 0.6 is 0 Å². The van der Waals surface area contributed by atoms with Gasteiger partial charge in [0, 0.05) is 60.4 Å². The van der Waals surface area contributed by atoms with E-state index in [1.54, 1.807) is 70.4 Å². The number of pyridine rings is 1. The summed E-state index contributed by atoms with van der Waals surface area (Å²) >= 11 is 0. The number of phenolic OH excluding ortho intramolecular Hbond substituents is 2. The van der Waals surface area contributed by atoms with E-state index >= 15 is 0 Å². The predicted molar refractivity (Wildman–Crippen MR) is 204 cm³/mol. The molecule has 1 amide bonds. The summed E-state index contributed by atoms with van der Waals surface area (Å²) in [5.74, 6) is -6.23. The van der Waals surface area contributed by atoms with Crippen molar-refractivity contribution in [2.75, 3.05) is 12.4 Å². The summed E-state index contributed by atoms with van der Waals surface area (Å²) < 4.78 is 19.5. The number of carbonyl (C=O) groups is 2. The van der Waals surface area contributed by atoms with Crippen molar-refractivity contribution in [3.8, 4) is 17.2 Å². The van der Waals surface area contributed by atoms with Gasteiger partial charge in [0.2, 0.25) is 0 Å². The van der Waals surface area contributed by atoms with Crippen LogP contribution in [0.4, 0.5) is 5.69 Å². The second kappa shape index (κ2) is 14.4. The molecule has 0 saturated heterocycles. The van der Waals surface area contributed by atoms with Crippen LogP contribution in [-0.2, 0) is 14.3 Å². The Hall–Kier alpha value is -4.95. The number of nitrogens with one attached hydrogen (secondary N) is 1. The molecule has 2 aromatic heterocycles. The number of carbonyl (C=O) groups excluding carboxylic acids is 2. The van der Waals surface area contributed by atoms with Gasteiger partial charge in [0.05, 0.1) is 41.6 Å². The molecule has 13 heteroatoms. The molecule has 9 atom stereocenters. The van der Waals surface area contributed by atoms with Crippen LogP contribution in [0, 0.1) is 37.5 Å². The van der Waals surface area contributed by atoms with Crippen molar-refractivity contribution in [1.82, 2.24) is 9.38 Å². The van der Waals surface area contributed by atoms with Gasteiger partial charge in [0.25, 0.3) is 11.7 Å². The summed E-state index contributed by atoms with van der Waals surface area (Å²) in [5, 5.41) is 60.2. The lowest BCUT2D eigenvalue weighted by Crippen LogP contribution is -2.44. The summed E-state index contributed by atoms with van der Waals surface area (Å²) in [4.78, 5) is 33.0. The molecule has 2 aliphatic rings. The lowest BCUT2D eigenvalue weighted by molar-refractivity contribution is -0.112. The molecule has 2 aliphatic heterocycles. The first kappa shape index (κ1) is 38.8. The third kappa shape index (κ3) is 6.28. The number of methoxy groups -OCH3 is 1. The van der Waals surface area contributed by atoms with Gasteiger partial charge in [0.15, 0.2) is 5.75 Å². The number of aromatic nitrogens is 2. The number of imidazole rings is 1. The largest absolute Gasteiger partial charge is 0.507 e. The van der Waals surface area contributed by atoms with Crippen LogP contribution in [0.5, 0.6) is 17.2 Å². The smallest absolute Gasteiger partial charge is 0.312 e. The maximum atomic E-state index is 14.5. The highest BCUT2D eigenvalue weighted by Crippen LogP contribution is 2.54. The number of ketones is 1. The number of aryl methyl sites for hydroxylation is 1. The zero-order valence-corrected chi connectivity index (χ0v) is 31.9. The SMILES string of the molecule is COC1/C=C/O[C@@]2(C)Oc3c(C)c(O)c4c(O)c(c5c(nc6cc(C)ccn65)c4c3C2=O)NC(=O)/C(C)=C\C=C\C(C)C(O)C(C)C(O)C(C)C(O)C1C. The molecule has 0 saturated carbocycles. The van der Waals surface area contributed by atoms with Gasteiger partial charge in [-0.05, 0) is 44.5 Å². The Balaban J connectivity index is 1.58. The Labute approximate surface area is 313 Å². The number of Topliss-reactive ketones (excluding diaryl/α,β-unsaturated/α-hetero) is 1. The first-order chi connectivity index (χ1) is 25.4. The number of fused-ring (bicyclic) bond motifs is 2. The van der Waals surface area contributed by atoms with Gasteiger partial charge in [-0.15, -0.1) is 0 Å². The summed E-state index contributed by atoms with van der Waals surface area (Å²) in [6.07, 6.45) is 5.55. The highest BCUT2D eigenvalue weighted by Gasteiger charge is 2.49. The van der Waals surface area contributed by atoms with Crippen LogP contribution < -0.4 is 10.1 Å². The normalized spacial score (nSPS) is 32.0. The van der Waals surface area contributed by atoms with E-state index in [-0.39, 0.29) is 55.7 Å². The van der Waals surface area contributed by atoms with Crippen molar-refractivity contribution in [1.29, 1.82) is 0 Å². The number of aliphatic hydroxyl groups is 3. The fraction of sp³-hybridized carbons (Fsp3) is 0.439. The molecule has 0 spiro atoms. The maximum absolute atomic E-state index is 14.5. The molecule has 54 heavy (non-hydrogen) atoms. The van der Waals surface area contributed by atoms with E-state index in [0.29, 0.717) is 5.65 Å². The number of ether oxygens (including phenoxy) is 3. The van der Waals surface area contributed by atoms with Crippen molar-refractivity contribution in [3.63, 3.8) is 0 Å². The van der Waals surface area contributed by atoms with Crippen molar-refractivity contribution >= 4 is 44.8 Å². The number of hydrogen-bond donors (Lipinski definition) is 6. The lowest BCUT2D eigenvalue weighted by atomic mass is 9.78. The van der Waals surface area contributed by atoms with Gasteiger partial charge in [-0.25, -0.2) is 4.98 Å². The van der Waals surface area contributed by atoms with Gasteiger partial charge in [-0.3, -0.25) is 14.0 Å². The Morgan fingerprint density at radius 3 is 2.28 bits per heavy atom. The first-order valence-electron chi connectivity index (χ1n) is 18.1. The fourth-order valence-electron chi connectivity index (χ4n) is 7.64. The number of aliphatic hydroxyl groups excluding tert-OH is 3. The van der Waals surface area contributed by atoms with E-state index in [1.807, 2.05) is 19.1 Å². The monoisotopic (exact) mass is 743 g/mol. The van der Waals surface area contributed by atoms with Crippen molar-refractivity contribution < 1.29 is 49.3 Å². The number of nitrogens with zero attached hydrogens (tertiary/aromatic N) is 2. The Bertz CT molecular complexity index is 2260. The minimum absolute atomic E-state index is 0.0318. The second-order valence-corrected chi connectivity index (χ2v) is 15.0. The average molecular weight is 744 g/mol. The van der Waals surface area contributed by atoms with Crippen molar-refractivity contribution in [3.05, 3.63) is 71.2 Å². The number of benzene rings is 2. The van der Waals surface area contributed by atoms with Gasteiger partial charge >= 0.3 is 5.79 Å². The molecule has 0 fully saturated rings. The fourth-order valence-corrected chi connectivity index (χ4v) is 7.64. The summed E-state index contributed by atoms with van der Waals surface area (Å²) in [5.41, 5.74) is 2.27. The Kier molecular flexibility index (Phi) is 10.3. The lowest BCUT2D eigenvalue weighted by Gasteiger charge is -2.36. The van der Waals surface area contributed by atoms with Gasteiger partial charge in [-0.2, -0.15) is 0 Å². The number of phenols is 2. The maximum Gasteiger partial charge on any atom is 0.312 e. The zero-order valence-electron chi connectivity index (χ0n) is 31.9. The average Bonchev–Trinajstić information content (AvgIpc) is 3.64. The number of amides is 1. The molecule has 4 bridgehead atoms. The van der Waals surface area contributed by atoms with E-state index < -0.39 is 71.3 Å². The molecule has 0 aliphatic carbocycles. The Morgan fingerprint density at radius 2 is 1.59 bits per heavy atom. The predicted octanol–water partition coefficient (Wildman–Crippen LogP) is 5.59. The van der Waals surface area contributed by atoms with Crippen LogP contribution in [0.3, 0.4) is 0 Å². The molecule has 4 heterocycles. The Morgan fingerprint density at radius 1 is 0.926 bits per heavy atom. The molecule has 6 rings (SSSR count). The molecule has 6 N–H and O–H groups in total. The number of rotatable bonds is 1. The van der Waals surface area contributed by atoms with E-state index in [9.17, 15) is 35.1 Å². The topological polar surface area (TPSA) is 192 Å². The summed E-state index contributed by atoms with van der Waals surface area (Å²) in [6, 6.07) is 3.65. The molecule has 2 aromatic carbocycles. The standard InChI is InChI=1S/C41H49N3O10/c1-18-13-15-44-26(17-18)42-30-27-28-36(48)24(7)38-29(27)39(50)41(8,54-38)53-16-14-25(52-9)21(4)34(46)23(6)35(47)22(5)33(45)19(2)11-10-12-20(3)40(51)43-31(32(30)44)37(28)49/h10-17,19,21-23,25,33-35,45-49H,1-9H3,(H,43,51)/b11-10+,16-14+,20-12-/t19?,21?,22?,23?,25?,33?,34?,35?,41-/m0/s1. The van der Waals surface area contributed by atoms with Crippen LogP contribution in [0.15, 0.2) is 54.5 Å². The number of hydrogen-bond acceptors (Lipinski definition) is 11. The highest BCUT2D eigenvalue weighted by molar-refractivity contribution is 6.28. The van der Waals surface area contributed by atoms with Crippen LogP contribution in [0.25, 0.3) is 27.5 Å². The van der Waals surface area contributed by atoms with Gasteiger partial charge < -0.3 is 45.1 Å². The van der Waals surface area contributed by atoms with Crippen molar-refractivity contribution in [2.24, 2.45) is 23.7 Å².